The molecule has 0 radical (unpaired) electrons. The molecule has 8 nitrogen and oxygen atoms in total. The van der Waals surface area contributed by atoms with Crippen molar-refractivity contribution in [1.29, 1.82) is 0 Å². The van der Waals surface area contributed by atoms with Crippen molar-refractivity contribution in [3.05, 3.63) is 58.9 Å². The van der Waals surface area contributed by atoms with Gasteiger partial charge in [0.05, 0.1) is 35.8 Å². The number of benzene rings is 1. The minimum atomic E-state index is -4.73. The summed E-state index contributed by atoms with van der Waals surface area (Å²) in [4.78, 5) is 26.2. The second-order valence-corrected chi connectivity index (χ2v) is 8.01. The van der Waals surface area contributed by atoms with Crippen LogP contribution in [-0.2, 0) is 35.1 Å². The fraction of sp³-hybridized carbons (Fsp3) is 0.167. The lowest BCUT2D eigenvalue weighted by molar-refractivity contribution is -0.138. The Labute approximate surface area is 179 Å². The summed E-state index contributed by atoms with van der Waals surface area (Å²) in [6.07, 6.45) is -3.53. The van der Waals surface area contributed by atoms with Gasteiger partial charge in [-0.15, -0.1) is 0 Å². The highest BCUT2D eigenvalue weighted by Gasteiger charge is 2.33. The van der Waals surface area contributed by atoms with Crippen molar-refractivity contribution in [3.63, 3.8) is 0 Å². The predicted molar refractivity (Wildman–Crippen MR) is 102 cm³/mol. The number of pyridine rings is 1. The van der Waals surface area contributed by atoms with Gasteiger partial charge in [-0.2, -0.15) is 13.2 Å². The number of esters is 2. The van der Waals surface area contributed by atoms with Crippen LogP contribution in [0.3, 0.4) is 0 Å². The summed E-state index contributed by atoms with van der Waals surface area (Å²) in [5.74, 6) is -1.72. The number of alkyl halides is 3. The highest BCUT2D eigenvalue weighted by Crippen LogP contribution is 2.33. The van der Waals surface area contributed by atoms with Gasteiger partial charge in [0.25, 0.3) is 0 Å². The van der Waals surface area contributed by atoms with E-state index in [9.17, 15) is 31.2 Å². The van der Waals surface area contributed by atoms with Gasteiger partial charge in [0.2, 0.25) is 9.84 Å². The van der Waals surface area contributed by atoms with E-state index >= 15 is 0 Å². The summed E-state index contributed by atoms with van der Waals surface area (Å²) < 4.78 is 72.5. The molecule has 0 aliphatic heterocycles. The van der Waals surface area contributed by atoms with Gasteiger partial charge in [-0.05, 0) is 30.3 Å². The Morgan fingerprint density at radius 2 is 1.74 bits per heavy atom. The first kappa shape index (κ1) is 24.2. The number of hydrogen-bond donors (Lipinski definition) is 1. The molecule has 2 aromatic rings. The van der Waals surface area contributed by atoms with Gasteiger partial charge in [0, 0.05) is 11.9 Å². The van der Waals surface area contributed by atoms with Gasteiger partial charge < -0.3 is 14.8 Å². The Bertz CT molecular complexity index is 1130. The number of nitrogens with one attached hydrogen (secondary N) is 1. The summed E-state index contributed by atoms with van der Waals surface area (Å²) in [7, 11) is -2.15. The van der Waals surface area contributed by atoms with Gasteiger partial charge in [0.15, 0.2) is 5.03 Å². The number of nitrogens with zero attached hydrogens (tertiary/aromatic N) is 1. The van der Waals surface area contributed by atoms with E-state index in [1.54, 1.807) is 0 Å². The molecule has 0 aliphatic rings. The number of methoxy groups -OCH3 is 2. The number of carbonyl (C=O) groups is 2. The van der Waals surface area contributed by atoms with Crippen LogP contribution in [0, 0.1) is 0 Å². The molecule has 0 unspecified atom stereocenters. The maximum Gasteiger partial charge on any atom is 0.417 e. The quantitative estimate of drug-likeness (QED) is 0.497. The van der Waals surface area contributed by atoms with Crippen molar-refractivity contribution in [2.24, 2.45) is 0 Å². The highest BCUT2D eigenvalue weighted by atomic mass is 35.5. The molecule has 2 rings (SSSR count). The zero-order valence-corrected chi connectivity index (χ0v) is 17.4. The first-order chi connectivity index (χ1) is 14.4. The number of halogens is 4. The molecule has 1 N–H and O–H groups in total. The molecule has 0 bridgehead atoms. The number of sulfone groups is 1. The van der Waals surface area contributed by atoms with Gasteiger partial charge in [-0.3, -0.25) is 0 Å². The van der Waals surface area contributed by atoms with E-state index < -0.39 is 43.6 Å². The average molecular weight is 479 g/mol. The average Bonchev–Trinajstić information content (AvgIpc) is 2.72. The highest BCUT2D eigenvalue weighted by molar-refractivity contribution is 7.91. The van der Waals surface area contributed by atoms with Gasteiger partial charge >= 0.3 is 18.1 Å². The smallest absolute Gasteiger partial charge is 0.417 e. The third-order valence-electron chi connectivity index (χ3n) is 3.70. The van der Waals surface area contributed by atoms with Crippen LogP contribution in [0.2, 0.25) is 5.02 Å². The normalized spacial score (nSPS) is 12.3. The molecule has 166 valence electrons. The maximum atomic E-state index is 12.7. The predicted octanol–water partition coefficient (Wildman–Crippen LogP) is 3.23. The minimum Gasteiger partial charge on any atom is -0.466 e. The fourth-order valence-corrected chi connectivity index (χ4v) is 3.89. The van der Waals surface area contributed by atoms with E-state index in [0.717, 1.165) is 32.4 Å². The molecule has 0 atom stereocenters. The molecule has 13 heteroatoms. The zero-order valence-electron chi connectivity index (χ0n) is 15.9. The summed E-state index contributed by atoms with van der Waals surface area (Å²) in [5, 5.41) is 1.14. The maximum absolute atomic E-state index is 12.7. The first-order valence-corrected chi connectivity index (χ1v) is 9.99. The van der Waals surface area contributed by atoms with Crippen LogP contribution in [0.15, 0.2) is 58.2 Å². The van der Waals surface area contributed by atoms with Crippen LogP contribution in [0.1, 0.15) is 5.56 Å². The third-order valence-corrected chi connectivity index (χ3v) is 5.83. The Kier molecular flexibility index (Phi) is 7.28. The van der Waals surface area contributed by atoms with Crippen molar-refractivity contribution in [2.45, 2.75) is 16.1 Å². The van der Waals surface area contributed by atoms with Crippen molar-refractivity contribution in [3.8, 4) is 0 Å². The van der Waals surface area contributed by atoms with Crippen LogP contribution in [-0.4, -0.2) is 39.6 Å². The summed E-state index contributed by atoms with van der Waals surface area (Å²) in [5.41, 5.74) is -1.27. The third kappa shape index (κ3) is 5.73. The summed E-state index contributed by atoms with van der Waals surface area (Å²) in [6, 6.07) is 5.19. The number of anilines is 1. The molecule has 1 aromatic heterocycles. The monoisotopic (exact) mass is 478 g/mol. The SMILES string of the molecule is COC(=O)/C=C(/Nc1ccc(S(=O)(=O)c2ncc(C(F)(F)F)cc2Cl)cc1)C(=O)OC. The van der Waals surface area contributed by atoms with Crippen LogP contribution < -0.4 is 5.32 Å². The molecule has 0 amide bonds. The Morgan fingerprint density at radius 1 is 1.13 bits per heavy atom. The standard InChI is InChI=1S/C18H14ClF3N2O6S/c1-29-15(25)8-14(17(26)30-2)24-11-3-5-12(6-4-11)31(27,28)16-13(19)7-10(9-23-16)18(20,21)22/h3-9,24H,1-2H3/b14-8+. The van der Waals surface area contributed by atoms with Crippen molar-refractivity contribution >= 4 is 39.1 Å². The topological polar surface area (TPSA) is 112 Å². The summed E-state index contributed by atoms with van der Waals surface area (Å²) in [6.45, 7) is 0. The van der Waals surface area contributed by atoms with Crippen LogP contribution in [0.4, 0.5) is 18.9 Å². The molecule has 31 heavy (non-hydrogen) atoms. The number of carbonyl (C=O) groups excluding carboxylic acids is 2. The van der Waals surface area contributed by atoms with Crippen molar-refractivity contribution < 1.29 is 40.7 Å². The molecule has 0 fully saturated rings. The van der Waals surface area contributed by atoms with E-state index in [1.165, 1.54) is 12.1 Å². The Hall–Kier alpha value is -3.12. The Balaban J connectivity index is 2.35. The lowest BCUT2D eigenvalue weighted by Gasteiger charge is -2.11. The molecule has 1 heterocycles. The second kappa shape index (κ2) is 9.35. The van der Waals surface area contributed by atoms with Crippen molar-refractivity contribution in [2.75, 3.05) is 19.5 Å². The van der Waals surface area contributed by atoms with Crippen molar-refractivity contribution in [1.82, 2.24) is 4.98 Å². The van der Waals surface area contributed by atoms with E-state index in [1.807, 2.05) is 0 Å². The molecule has 0 saturated heterocycles. The molecule has 0 saturated carbocycles. The fourth-order valence-electron chi connectivity index (χ4n) is 2.20. The second-order valence-electron chi connectivity index (χ2n) is 5.73. The van der Waals surface area contributed by atoms with E-state index in [-0.39, 0.29) is 16.3 Å². The molecular formula is C18H14ClF3N2O6S. The van der Waals surface area contributed by atoms with Gasteiger partial charge in [-0.1, -0.05) is 11.6 Å². The van der Waals surface area contributed by atoms with Crippen LogP contribution in [0.25, 0.3) is 0 Å². The number of aromatic nitrogens is 1. The number of ether oxygens (including phenoxy) is 2. The van der Waals surface area contributed by atoms with E-state index in [4.69, 9.17) is 11.6 Å². The first-order valence-electron chi connectivity index (χ1n) is 8.13. The molecule has 1 aromatic carbocycles. The summed E-state index contributed by atoms with van der Waals surface area (Å²) >= 11 is 5.73. The number of hydrogen-bond acceptors (Lipinski definition) is 8. The number of rotatable bonds is 6. The van der Waals surface area contributed by atoms with Crippen LogP contribution in [0.5, 0.6) is 0 Å². The largest absolute Gasteiger partial charge is 0.466 e. The minimum absolute atomic E-state index is 0.200. The van der Waals surface area contributed by atoms with Crippen LogP contribution >= 0.6 is 11.6 Å². The zero-order chi connectivity index (χ0) is 23.4. The molecular weight excluding hydrogens is 465 g/mol. The van der Waals surface area contributed by atoms with Gasteiger partial charge in [-0.25, -0.2) is 23.0 Å². The van der Waals surface area contributed by atoms with E-state index in [2.05, 4.69) is 19.8 Å². The molecule has 0 aliphatic carbocycles. The van der Waals surface area contributed by atoms with Gasteiger partial charge in [0.1, 0.15) is 5.70 Å². The lowest BCUT2D eigenvalue weighted by atomic mass is 10.3. The Morgan fingerprint density at radius 3 is 2.23 bits per heavy atom. The van der Waals surface area contributed by atoms with E-state index in [0.29, 0.717) is 12.3 Å². The molecule has 0 spiro atoms. The lowest BCUT2D eigenvalue weighted by Crippen LogP contribution is -2.15.